The van der Waals surface area contributed by atoms with Gasteiger partial charge >= 0.3 is 0 Å². The Bertz CT molecular complexity index is 720. The standard InChI is InChI=1S/C20H23NO3/c1-14-6-7-15(2)19(13-14)21-20(23)5-4-12-24-18-10-8-17(9-11-18)16(3)22/h6-11,13H,4-5,12H2,1-3H3,(H,21,23). The Balaban J connectivity index is 1.74. The zero-order valence-corrected chi connectivity index (χ0v) is 14.4. The molecule has 0 saturated carbocycles. The Morgan fingerprint density at radius 3 is 2.42 bits per heavy atom. The number of Topliss-reactive ketones (excluding diaryl/α,β-unsaturated/α-hetero) is 1. The first-order chi connectivity index (χ1) is 11.5. The minimum absolute atomic E-state index is 0.0146. The number of nitrogens with one attached hydrogen (secondary N) is 1. The fraction of sp³-hybridized carbons (Fsp3) is 0.300. The van der Waals surface area contributed by atoms with E-state index in [1.807, 2.05) is 32.0 Å². The number of rotatable bonds is 7. The highest BCUT2D eigenvalue weighted by atomic mass is 16.5. The lowest BCUT2D eigenvalue weighted by Gasteiger charge is -2.10. The molecule has 4 heteroatoms. The molecule has 0 aliphatic rings. The third-order valence-corrected chi connectivity index (χ3v) is 3.74. The summed E-state index contributed by atoms with van der Waals surface area (Å²) in [5.74, 6) is 0.721. The van der Waals surface area contributed by atoms with Crippen molar-refractivity contribution in [1.29, 1.82) is 0 Å². The summed E-state index contributed by atoms with van der Waals surface area (Å²) in [6, 6.07) is 13.0. The van der Waals surface area contributed by atoms with Gasteiger partial charge in [-0.2, -0.15) is 0 Å². The van der Waals surface area contributed by atoms with Gasteiger partial charge in [0.15, 0.2) is 5.78 Å². The Kier molecular flexibility index (Phi) is 6.13. The molecule has 1 N–H and O–H groups in total. The number of carbonyl (C=O) groups is 2. The predicted octanol–water partition coefficient (Wildman–Crippen LogP) is 4.30. The molecule has 0 radical (unpaired) electrons. The van der Waals surface area contributed by atoms with E-state index in [1.165, 1.54) is 6.92 Å². The van der Waals surface area contributed by atoms with Crippen LogP contribution in [0.1, 0.15) is 41.3 Å². The van der Waals surface area contributed by atoms with Crippen molar-refractivity contribution in [2.75, 3.05) is 11.9 Å². The highest BCUT2D eigenvalue weighted by molar-refractivity contribution is 5.94. The van der Waals surface area contributed by atoms with E-state index < -0.39 is 0 Å². The summed E-state index contributed by atoms with van der Waals surface area (Å²) in [4.78, 5) is 23.2. The van der Waals surface area contributed by atoms with Crippen LogP contribution in [0.2, 0.25) is 0 Å². The van der Waals surface area contributed by atoms with Crippen molar-refractivity contribution in [3.8, 4) is 5.75 Å². The average molecular weight is 325 g/mol. The van der Waals surface area contributed by atoms with Gasteiger partial charge in [0.2, 0.25) is 5.91 Å². The quantitative estimate of drug-likeness (QED) is 0.610. The van der Waals surface area contributed by atoms with Gasteiger partial charge in [0.05, 0.1) is 6.61 Å². The molecule has 24 heavy (non-hydrogen) atoms. The highest BCUT2D eigenvalue weighted by Gasteiger charge is 2.05. The molecule has 0 spiro atoms. The van der Waals surface area contributed by atoms with Gasteiger partial charge in [-0.3, -0.25) is 9.59 Å². The maximum Gasteiger partial charge on any atom is 0.224 e. The molecule has 0 unspecified atom stereocenters. The zero-order valence-electron chi connectivity index (χ0n) is 14.4. The molecule has 0 heterocycles. The number of amides is 1. The Morgan fingerprint density at radius 1 is 1.04 bits per heavy atom. The summed E-state index contributed by atoms with van der Waals surface area (Å²) in [5, 5.41) is 2.94. The number of aryl methyl sites for hydroxylation is 2. The predicted molar refractivity (Wildman–Crippen MR) is 95.7 cm³/mol. The summed E-state index contributed by atoms with van der Waals surface area (Å²) in [7, 11) is 0. The summed E-state index contributed by atoms with van der Waals surface area (Å²) >= 11 is 0. The third kappa shape index (κ3) is 5.23. The van der Waals surface area contributed by atoms with Crippen molar-refractivity contribution in [3.05, 3.63) is 59.2 Å². The molecule has 0 aliphatic carbocycles. The normalized spacial score (nSPS) is 10.3. The number of ketones is 1. The molecule has 0 saturated heterocycles. The van der Waals surface area contributed by atoms with Crippen molar-refractivity contribution in [2.45, 2.75) is 33.6 Å². The molecule has 2 aromatic rings. The topological polar surface area (TPSA) is 55.4 Å². The maximum absolute atomic E-state index is 12.0. The van der Waals surface area contributed by atoms with E-state index in [0.717, 1.165) is 16.8 Å². The molecular weight excluding hydrogens is 302 g/mol. The van der Waals surface area contributed by atoms with E-state index in [2.05, 4.69) is 5.32 Å². The van der Waals surface area contributed by atoms with Crippen LogP contribution >= 0.6 is 0 Å². The lowest BCUT2D eigenvalue weighted by Crippen LogP contribution is -2.13. The Labute approximate surface area is 142 Å². The van der Waals surface area contributed by atoms with Gasteiger partial charge in [0.25, 0.3) is 0 Å². The first kappa shape index (κ1) is 17.7. The minimum Gasteiger partial charge on any atom is -0.494 e. The second-order valence-electron chi connectivity index (χ2n) is 5.90. The molecule has 4 nitrogen and oxygen atoms in total. The molecule has 0 bridgehead atoms. The van der Waals surface area contributed by atoms with Crippen molar-refractivity contribution in [1.82, 2.24) is 0 Å². The van der Waals surface area contributed by atoms with E-state index in [0.29, 0.717) is 30.8 Å². The SMILES string of the molecule is CC(=O)c1ccc(OCCCC(=O)Nc2cc(C)ccc2C)cc1. The molecule has 1 amide bonds. The Morgan fingerprint density at radius 2 is 1.75 bits per heavy atom. The summed E-state index contributed by atoms with van der Waals surface area (Å²) in [6.45, 7) is 5.97. The summed E-state index contributed by atoms with van der Waals surface area (Å²) < 4.78 is 5.59. The maximum atomic E-state index is 12.0. The van der Waals surface area contributed by atoms with Gasteiger partial charge < -0.3 is 10.1 Å². The van der Waals surface area contributed by atoms with Crippen LogP contribution in [0.4, 0.5) is 5.69 Å². The van der Waals surface area contributed by atoms with E-state index in [-0.39, 0.29) is 11.7 Å². The summed E-state index contributed by atoms with van der Waals surface area (Å²) in [5.41, 5.74) is 3.69. The van der Waals surface area contributed by atoms with Crippen LogP contribution in [0.15, 0.2) is 42.5 Å². The van der Waals surface area contributed by atoms with Crippen LogP contribution < -0.4 is 10.1 Å². The number of ether oxygens (including phenoxy) is 1. The van der Waals surface area contributed by atoms with Crippen LogP contribution in [0.25, 0.3) is 0 Å². The van der Waals surface area contributed by atoms with Crippen molar-refractivity contribution < 1.29 is 14.3 Å². The molecule has 0 fully saturated rings. The lowest BCUT2D eigenvalue weighted by molar-refractivity contribution is -0.116. The first-order valence-corrected chi connectivity index (χ1v) is 8.06. The lowest BCUT2D eigenvalue weighted by atomic mass is 10.1. The van der Waals surface area contributed by atoms with Crippen LogP contribution in [-0.4, -0.2) is 18.3 Å². The van der Waals surface area contributed by atoms with Gasteiger partial charge in [0, 0.05) is 17.7 Å². The average Bonchev–Trinajstić information content (AvgIpc) is 2.55. The third-order valence-electron chi connectivity index (χ3n) is 3.74. The van der Waals surface area contributed by atoms with E-state index in [1.54, 1.807) is 24.3 Å². The zero-order chi connectivity index (χ0) is 17.5. The van der Waals surface area contributed by atoms with Crippen LogP contribution in [0.3, 0.4) is 0 Å². The van der Waals surface area contributed by atoms with Crippen molar-refractivity contribution in [2.24, 2.45) is 0 Å². The molecule has 0 atom stereocenters. The van der Waals surface area contributed by atoms with Gasteiger partial charge in [-0.15, -0.1) is 0 Å². The van der Waals surface area contributed by atoms with Gasteiger partial charge in [-0.25, -0.2) is 0 Å². The number of anilines is 1. The van der Waals surface area contributed by atoms with Gasteiger partial charge in [-0.05, 0) is 68.7 Å². The van der Waals surface area contributed by atoms with E-state index >= 15 is 0 Å². The highest BCUT2D eigenvalue weighted by Crippen LogP contribution is 2.17. The largest absolute Gasteiger partial charge is 0.494 e. The van der Waals surface area contributed by atoms with Crippen LogP contribution in [-0.2, 0) is 4.79 Å². The number of hydrogen-bond donors (Lipinski definition) is 1. The minimum atomic E-state index is -0.0146. The van der Waals surface area contributed by atoms with Gasteiger partial charge in [-0.1, -0.05) is 12.1 Å². The monoisotopic (exact) mass is 325 g/mol. The number of carbonyl (C=O) groups excluding carboxylic acids is 2. The molecule has 2 aromatic carbocycles. The first-order valence-electron chi connectivity index (χ1n) is 8.06. The van der Waals surface area contributed by atoms with E-state index in [9.17, 15) is 9.59 Å². The molecular formula is C20H23NO3. The van der Waals surface area contributed by atoms with Gasteiger partial charge in [0.1, 0.15) is 5.75 Å². The van der Waals surface area contributed by atoms with E-state index in [4.69, 9.17) is 4.74 Å². The van der Waals surface area contributed by atoms with Crippen molar-refractivity contribution in [3.63, 3.8) is 0 Å². The van der Waals surface area contributed by atoms with Crippen molar-refractivity contribution >= 4 is 17.4 Å². The van der Waals surface area contributed by atoms with Crippen LogP contribution in [0.5, 0.6) is 5.75 Å². The fourth-order valence-corrected chi connectivity index (χ4v) is 2.29. The number of hydrogen-bond acceptors (Lipinski definition) is 3. The Hall–Kier alpha value is -2.62. The smallest absolute Gasteiger partial charge is 0.224 e. The second-order valence-corrected chi connectivity index (χ2v) is 5.90. The number of benzene rings is 2. The molecule has 0 aromatic heterocycles. The molecule has 0 aliphatic heterocycles. The molecule has 126 valence electrons. The summed E-state index contributed by atoms with van der Waals surface area (Å²) in [6.07, 6.45) is 1.03. The van der Waals surface area contributed by atoms with Crippen LogP contribution in [0, 0.1) is 13.8 Å². The molecule has 2 rings (SSSR count). The second kappa shape index (κ2) is 8.29. The fourth-order valence-electron chi connectivity index (χ4n) is 2.29.